The first-order valence-corrected chi connectivity index (χ1v) is 12.7. The first-order valence-electron chi connectivity index (χ1n) is 11.7. The third-order valence-corrected chi connectivity index (χ3v) is 7.75. The molecule has 1 spiro atoms. The minimum atomic E-state index is -0.307. The molecule has 0 atom stereocenters. The minimum Gasteiger partial charge on any atom is -0.465 e. The summed E-state index contributed by atoms with van der Waals surface area (Å²) in [5.41, 5.74) is 4.54. The summed E-state index contributed by atoms with van der Waals surface area (Å²) in [6, 6.07) is 18.0. The molecule has 0 aliphatic heterocycles. The number of ether oxygens (including phenoxy) is 1. The molecule has 33 heavy (non-hydrogen) atoms. The lowest BCUT2D eigenvalue weighted by molar-refractivity contribution is -0.139. The van der Waals surface area contributed by atoms with Crippen LogP contribution in [0.1, 0.15) is 50.2 Å². The van der Waals surface area contributed by atoms with Crippen molar-refractivity contribution in [3.63, 3.8) is 0 Å². The number of thioether (sulfide) groups is 1. The molecule has 0 saturated heterocycles. The van der Waals surface area contributed by atoms with Crippen molar-refractivity contribution >= 4 is 17.7 Å². The van der Waals surface area contributed by atoms with Crippen molar-refractivity contribution in [3.8, 4) is 16.9 Å². The van der Waals surface area contributed by atoms with Crippen molar-refractivity contribution in [2.75, 3.05) is 12.4 Å². The van der Waals surface area contributed by atoms with Gasteiger partial charge in [0, 0.05) is 11.0 Å². The molecule has 0 amide bonds. The Bertz CT molecular complexity index is 1230. The van der Waals surface area contributed by atoms with E-state index in [1.54, 1.807) is 11.5 Å². The molecule has 2 aliphatic carbocycles. The number of esters is 1. The average Bonchev–Trinajstić information content (AvgIpc) is 2.84. The molecule has 0 radical (unpaired) electrons. The molecular formula is C27H28N2O3S. The predicted octanol–water partition coefficient (Wildman–Crippen LogP) is 5.31. The highest BCUT2D eigenvalue weighted by molar-refractivity contribution is 7.99. The first-order chi connectivity index (χ1) is 16.1. The van der Waals surface area contributed by atoms with Crippen LogP contribution >= 0.6 is 11.8 Å². The van der Waals surface area contributed by atoms with Gasteiger partial charge in [-0.15, -0.1) is 0 Å². The summed E-state index contributed by atoms with van der Waals surface area (Å²) in [5, 5.41) is 0.528. The van der Waals surface area contributed by atoms with E-state index in [0.29, 0.717) is 11.8 Å². The molecule has 0 bridgehead atoms. The SMILES string of the molecule is CCOC(=O)CSc1nc2c(c(=O)n1-c1ccccc1)C1(CCCCC1)Cc1ccccc1-2. The molecule has 0 N–H and O–H groups in total. The molecule has 0 unspecified atom stereocenters. The number of carbonyl (C=O) groups is 1. The second-order valence-electron chi connectivity index (χ2n) is 8.86. The van der Waals surface area contributed by atoms with Crippen molar-refractivity contribution in [2.24, 2.45) is 0 Å². The zero-order chi connectivity index (χ0) is 22.8. The Balaban J connectivity index is 1.74. The lowest BCUT2D eigenvalue weighted by Gasteiger charge is -2.42. The Morgan fingerprint density at radius 2 is 1.79 bits per heavy atom. The zero-order valence-electron chi connectivity index (χ0n) is 18.9. The van der Waals surface area contributed by atoms with Crippen LogP contribution in [-0.2, 0) is 21.4 Å². The maximum Gasteiger partial charge on any atom is 0.316 e. The maximum atomic E-state index is 14.3. The van der Waals surface area contributed by atoms with Gasteiger partial charge in [-0.2, -0.15) is 0 Å². The van der Waals surface area contributed by atoms with E-state index >= 15 is 0 Å². The largest absolute Gasteiger partial charge is 0.465 e. The summed E-state index contributed by atoms with van der Waals surface area (Å²) in [6.07, 6.45) is 6.38. The molecule has 170 valence electrons. The van der Waals surface area contributed by atoms with E-state index in [9.17, 15) is 9.59 Å². The predicted molar refractivity (Wildman–Crippen MR) is 131 cm³/mol. The fraction of sp³-hybridized carbons (Fsp3) is 0.370. The van der Waals surface area contributed by atoms with Gasteiger partial charge in [0.2, 0.25) is 0 Å². The standard InChI is InChI=1S/C27H28N2O3S/c1-2-32-22(30)18-33-26-28-24-21-14-8-7-11-19(21)17-27(15-9-4-10-16-27)23(24)25(31)29(26)20-12-5-3-6-13-20/h3,5-8,11-14H,2,4,9-10,15-18H2,1H3. The number of nitrogens with zero attached hydrogens (tertiary/aromatic N) is 2. The van der Waals surface area contributed by atoms with Crippen LogP contribution < -0.4 is 5.56 Å². The van der Waals surface area contributed by atoms with E-state index in [-0.39, 0.29) is 22.7 Å². The van der Waals surface area contributed by atoms with E-state index in [4.69, 9.17) is 9.72 Å². The fourth-order valence-corrected chi connectivity index (χ4v) is 6.22. The van der Waals surface area contributed by atoms with Gasteiger partial charge >= 0.3 is 5.97 Å². The van der Waals surface area contributed by atoms with Gasteiger partial charge in [-0.3, -0.25) is 14.2 Å². The Morgan fingerprint density at radius 1 is 1.06 bits per heavy atom. The summed E-state index contributed by atoms with van der Waals surface area (Å²) in [5.74, 6) is -0.197. The third kappa shape index (κ3) is 4.01. The summed E-state index contributed by atoms with van der Waals surface area (Å²) in [7, 11) is 0. The highest BCUT2D eigenvalue weighted by Crippen LogP contribution is 2.49. The van der Waals surface area contributed by atoms with Crippen LogP contribution in [-0.4, -0.2) is 27.9 Å². The van der Waals surface area contributed by atoms with Crippen LogP contribution in [0.3, 0.4) is 0 Å². The number of benzene rings is 2. The van der Waals surface area contributed by atoms with Crippen molar-refractivity contribution in [3.05, 3.63) is 76.1 Å². The lowest BCUT2D eigenvalue weighted by atomic mass is 9.62. The Kier molecular flexibility index (Phi) is 6.11. The highest BCUT2D eigenvalue weighted by Gasteiger charge is 2.43. The van der Waals surface area contributed by atoms with Crippen LogP contribution in [0, 0.1) is 0 Å². The van der Waals surface area contributed by atoms with Gasteiger partial charge in [-0.25, -0.2) is 4.98 Å². The number of rotatable bonds is 5. The van der Waals surface area contributed by atoms with E-state index in [1.807, 2.05) is 36.4 Å². The quantitative estimate of drug-likeness (QED) is 0.293. The monoisotopic (exact) mass is 460 g/mol. The number of hydrogen-bond donors (Lipinski definition) is 0. The minimum absolute atomic E-state index is 0.00559. The normalized spacial score (nSPS) is 16.2. The zero-order valence-corrected chi connectivity index (χ0v) is 19.7. The molecule has 1 fully saturated rings. The van der Waals surface area contributed by atoms with Crippen LogP contribution in [0.4, 0.5) is 0 Å². The topological polar surface area (TPSA) is 61.2 Å². The smallest absolute Gasteiger partial charge is 0.316 e. The number of aromatic nitrogens is 2. The molecule has 6 heteroatoms. The molecule has 1 saturated carbocycles. The van der Waals surface area contributed by atoms with E-state index in [0.717, 1.165) is 54.6 Å². The van der Waals surface area contributed by atoms with Crippen molar-refractivity contribution in [1.29, 1.82) is 0 Å². The van der Waals surface area contributed by atoms with Gasteiger partial charge < -0.3 is 4.74 Å². The first kappa shape index (κ1) is 22.0. The third-order valence-electron chi connectivity index (χ3n) is 6.83. The fourth-order valence-electron chi connectivity index (χ4n) is 5.42. The summed E-state index contributed by atoms with van der Waals surface area (Å²) in [6.45, 7) is 2.12. The molecule has 2 aromatic carbocycles. The van der Waals surface area contributed by atoms with E-state index < -0.39 is 0 Å². The Labute approximate surface area is 198 Å². The van der Waals surface area contributed by atoms with Gasteiger partial charge in [0.25, 0.3) is 5.56 Å². The van der Waals surface area contributed by atoms with Gasteiger partial charge in [0.1, 0.15) is 0 Å². The van der Waals surface area contributed by atoms with Crippen LogP contribution in [0.2, 0.25) is 0 Å². The molecule has 3 aromatic rings. The van der Waals surface area contributed by atoms with Crippen molar-refractivity contribution in [1.82, 2.24) is 9.55 Å². The van der Waals surface area contributed by atoms with Gasteiger partial charge in [0.15, 0.2) is 5.16 Å². The molecule has 1 aromatic heterocycles. The van der Waals surface area contributed by atoms with Gasteiger partial charge in [-0.1, -0.05) is 73.5 Å². The van der Waals surface area contributed by atoms with Crippen molar-refractivity contribution in [2.45, 2.75) is 56.0 Å². The summed E-state index contributed by atoms with van der Waals surface area (Å²) < 4.78 is 6.82. The summed E-state index contributed by atoms with van der Waals surface area (Å²) >= 11 is 1.26. The highest BCUT2D eigenvalue weighted by atomic mass is 32.2. The molecule has 5 rings (SSSR count). The Hall–Kier alpha value is -2.86. The molecule has 5 nitrogen and oxygen atoms in total. The van der Waals surface area contributed by atoms with Crippen LogP contribution in [0.15, 0.2) is 64.5 Å². The Morgan fingerprint density at radius 3 is 2.55 bits per heavy atom. The van der Waals surface area contributed by atoms with Crippen LogP contribution in [0.25, 0.3) is 16.9 Å². The molecule has 2 aliphatic rings. The van der Waals surface area contributed by atoms with E-state index in [2.05, 4.69) is 18.2 Å². The number of para-hydroxylation sites is 1. The maximum absolute atomic E-state index is 14.3. The van der Waals surface area contributed by atoms with E-state index in [1.165, 1.54) is 23.7 Å². The summed E-state index contributed by atoms with van der Waals surface area (Å²) in [4.78, 5) is 31.5. The van der Waals surface area contributed by atoms with Crippen molar-refractivity contribution < 1.29 is 9.53 Å². The van der Waals surface area contributed by atoms with Gasteiger partial charge in [0.05, 0.1) is 29.3 Å². The van der Waals surface area contributed by atoms with Gasteiger partial charge in [-0.05, 0) is 43.9 Å². The number of fused-ring (bicyclic) bond motifs is 4. The average molecular weight is 461 g/mol. The second kappa shape index (κ2) is 9.18. The second-order valence-corrected chi connectivity index (χ2v) is 9.81. The van der Waals surface area contributed by atoms with Crippen LogP contribution in [0.5, 0.6) is 0 Å². The number of carbonyl (C=O) groups excluding carboxylic acids is 1. The molecular weight excluding hydrogens is 432 g/mol. The number of hydrogen-bond acceptors (Lipinski definition) is 5. The molecule has 1 heterocycles. The lowest BCUT2D eigenvalue weighted by Crippen LogP contribution is -2.42.